The lowest BCUT2D eigenvalue weighted by molar-refractivity contribution is 0.00679. The lowest BCUT2D eigenvalue weighted by atomic mass is 9.94. The number of benzene rings is 2. The zero-order valence-corrected chi connectivity index (χ0v) is 25.6. The van der Waals surface area contributed by atoms with Crippen LogP contribution in [0.25, 0.3) is 22.4 Å². The molecular formula is C32H32Cl2FNO5. The van der Waals surface area contributed by atoms with Gasteiger partial charge >= 0.3 is 11.9 Å². The Morgan fingerprint density at radius 3 is 2.32 bits per heavy atom. The number of ether oxygens (including phenoxy) is 2. The summed E-state index contributed by atoms with van der Waals surface area (Å²) < 4.78 is 28.1. The molecule has 2 aromatic carbocycles. The van der Waals surface area contributed by atoms with Crippen molar-refractivity contribution in [3.05, 3.63) is 79.3 Å². The monoisotopic (exact) mass is 599 g/mol. The van der Waals surface area contributed by atoms with Crippen molar-refractivity contribution in [1.82, 2.24) is 4.57 Å². The summed E-state index contributed by atoms with van der Waals surface area (Å²) in [5.74, 6) is 3.29. The van der Waals surface area contributed by atoms with Crippen LogP contribution in [0.4, 0.5) is 4.39 Å². The van der Waals surface area contributed by atoms with Crippen molar-refractivity contribution in [2.45, 2.75) is 73.1 Å². The van der Waals surface area contributed by atoms with E-state index in [1.54, 1.807) is 57.4 Å². The Kier molecular flexibility index (Phi) is 10.1. The Balaban J connectivity index is 2.35. The summed E-state index contributed by atoms with van der Waals surface area (Å²) >= 11 is 12.4. The van der Waals surface area contributed by atoms with Crippen LogP contribution in [0.3, 0.4) is 0 Å². The highest BCUT2D eigenvalue weighted by Crippen LogP contribution is 2.34. The predicted molar refractivity (Wildman–Crippen MR) is 160 cm³/mol. The van der Waals surface area contributed by atoms with Crippen LogP contribution in [0.1, 0.15) is 74.4 Å². The van der Waals surface area contributed by atoms with Gasteiger partial charge in [0, 0.05) is 29.8 Å². The first-order valence-corrected chi connectivity index (χ1v) is 13.9. The number of carbonyl (C=O) groups excluding carboxylic acids is 2. The third-order valence-electron chi connectivity index (χ3n) is 6.08. The second kappa shape index (κ2) is 12.9. The normalized spacial score (nSPS) is 11.9. The van der Waals surface area contributed by atoms with Crippen molar-refractivity contribution in [2.75, 3.05) is 0 Å². The average molecular weight is 601 g/mol. The van der Waals surface area contributed by atoms with Crippen LogP contribution >= 0.6 is 23.2 Å². The molecule has 0 bridgehead atoms. The molecule has 0 fully saturated rings. The Hall–Kier alpha value is -3.60. The zero-order chi connectivity index (χ0) is 30.6. The molecule has 0 N–H and O–H groups in total. The van der Waals surface area contributed by atoms with Crippen molar-refractivity contribution in [3.63, 3.8) is 0 Å². The van der Waals surface area contributed by atoms with Gasteiger partial charge in [0.25, 0.3) is 0 Å². The molecule has 0 amide bonds. The van der Waals surface area contributed by atoms with E-state index in [1.807, 2.05) is 13.8 Å². The van der Waals surface area contributed by atoms with Crippen LogP contribution in [-0.4, -0.2) is 28.2 Å². The first-order valence-electron chi connectivity index (χ1n) is 13.2. The van der Waals surface area contributed by atoms with Gasteiger partial charge in [0.1, 0.15) is 17.0 Å². The summed E-state index contributed by atoms with van der Waals surface area (Å²) in [6, 6.07) is 8.36. The highest BCUT2D eigenvalue weighted by molar-refractivity contribution is 6.42. The molecule has 9 heteroatoms. The largest absolute Gasteiger partial charge is 0.456 e. The highest BCUT2D eigenvalue weighted by atomic mass is 35.5. The van der Waals surface area contributed by atoms with E-state index in [-0.39, 0.29) is 33.0 Å². The van der Waals surface area contributed by atoms with Gasteiger partial charge in [-0.3, -0.25) is 4.79 Å². The zero-order valence-electron chi connectivity index (χ0n) is 24.1. The van der Waals surface area contributed by atoms with Gasteiger partial charge in [-0.15, -0.1) is 0 Å². The lowest BCUT2D eigenvalue weighted by Gasteiger charge is -2.25. The average Bonchev–Trinajstić information content (AvgIpc) is 2.88. The van der Waals surface area contributed by atoms with E-state index in [0.717, 1.165) is 6.07 Å². The fourth-order valence-electron chi connectivity index (χ4n) is 4.36. The van der Waals surface area contributed by atoms with E-state index in [9.17, 15) is 14.4 Å². The molecule has 3 aromatic rings. The lowest BCUT2D eigenvalue weighted by Crippen LogP contribution is -2.31. The number of nitrogens with zero attached hydrogens (tertiary/aromatic N) is 1. The second-order valence-electron chi connectivity index (χ2n) is 10.3. The number of esters is 2. The number of rotatable bonds is 6. The van der Waals surface area contributed by atoms with Gasteiger partial charge in [-0.2, -0.15) is 0 Å². The predicted octanol–water partition coefficient (Wildman–Crippen LogP) is 7.87. The van der Waals surface area contributed by atoms with Crippen molar-refractivity contribution in [2.24, 2.45) is 0 Å². The molecule has 216 valence electrons. The van der Waals surface area contributed by atoms with Crippen LogP contribution in [0.15, 0.2) is 41.2 Å². The quantitative estimate of drug-likeness (QED) is 0.213. The van der Waals surface area contributed by atoms with Gasteiger partial charge < -0.3 is 14.0 Å². The van der Waals surface area contributed by atoms with Crippen LogP contribution < -0.4 is 5.43 Å². The Morgan fingerprint density at radius 1 is 1.05 bits per heavy atom. The molecule has 0 saturated carbocycles. The molecule has 6 nitrogen and oxygen atoms in total. The highest BCUT2D eigenvalue weighted by Gasteiger charge is 2.30. The number of aromatic nitrogens is 1. The molecule has 1 unspecified atom stereocenters. The smallest absolute Gasteiger partial charge is 0.344 e. The number of halogens is 3. The summed E-state index contributed by atoms with van der Waals surface area (Å²) in [7, 11) is 0. The topological polar surface area (TPSA) is 74.6 Å². The third-order valence-corrected chi connectivity index (χ3v) is 6.82. The maximum absolute atomic E-state index is 15.4. The summed E-state index contributed by atoms with van der Waals surface area (Å²) in [5, 5.41) is 0.528. The molecule has 1 heterocycles. The maximum Gasteiger partial charge on any atom is 0.344 e. The molecular weight excluding hydrogens is 568 g/mol. The van der Waals surface area contributed by atoms with E-state index in [0.29, 0.717) is 29.2 Å². The van der Waals surface area contributed by atoms with Gasteiger partial charge in [-0.25, -0.2) is 14.0 Å². The Labute approximate surface area is 249 Å². The fraction of sp³-hybridized carbons (Fsp3) is 0.344. The molecule has 1 atom stereocenters. The van der Waals surface area contributed by atoms with E-state index < -0.39 is 34.9 Å². The van der Waals surface area contributed by atoms with Crippen molar-refractivity contribution in [3.8, 4) is 34.2 Å². The van der Waals surface area contributed by atoms with Gasteiger partial charge in [0.05, 0.1) is 26.9 Å². The molecule has 0 aliphatic carbocycles. The van der Waals surface area contributed by atoms with Crippen LogP contribution in [0.5, 0.6) is 0 Å². The van der Waals surface area contributed by atoms with E-state index >= 15 is 4.39 Å². The van der Waals surface area contributed by atoms with Gasteiger partial charge in [-0.05, 0) is 71.9 Å². The Morgan fingerprint density at radius 2 is 1.73 bits per heavy atom. The Bertz CT molecular complexity index is 1630. The van der Waals surface area contributed by atoms with E-state index in [2.05, 4.69) is 11.8 Å². The molecule has 41 heavy (non-hydrogen) atoms. The van der Waals surface area contributed by atoms with Gasteiger partial charge in [0.15, 0.2) is 6.10 Å². The first kappa shape index (κ1) is 31.9. The second-order valence-corrected chi connectivity index (χ2v) is 11.1. The number of carbonyl (C=O) groups is 2. The van der Waals surface area contributed by atoms with Crippen molar-refractivity contribution >= 4 is 35.1 Å². The molecule has 0 saturated heterocycles. The van der Waals surface area contributed by atoms with Gasteiger partial charge in [0.2, 0.25) is 5.43 Å². The molecule has 0 aliphatic heterocycles. The molecule has 0 spiro atoms. The van der Waals surface area contributed by atoms with E-state index in [1.165, 1.54) is 12.1 Å². The molecule has 1 aromatic heterocycles. The fourth-order valence-corrected chi connectivity index (χ4v) is 4.65. The minimum absolute atomic E-state index is 0.0285. The van der Waals surface area contributed by atoms with Gasteiger partial charge in [-0.1, -0.05) is 48.0 Å². The van der Waals surface area contributed by atoms with Crippen molar-refractivity contribution < 1.29 is 23.5 Å². The minimum Gasteiger partial charge on any atom is -0.456 e. The summed E-state index contributed by atoms with van der Waals surface area (Å²) in [4.78, 5) is 40.6. The summed E-state index contributed by atoms with van der Waals surface area (Å²) in [5.41, 5.74) is -1.10. The third kappa shape index (κ3) is 7.19. The number of hydrogen-bond acceptors (Lipinski definition) is 5. The molecule has 3 rings (SSSR count). The minimum atomic E-state index is -0.924. The standard InChI is InChI=1S/C32H32Cl2FNO5/c1-8-10-11-18(3)40-30(38)21-13-15-25(35)22(16-21)26-19(4)36(9-2)28(20-12-14-23(33)24(34)17-20)27(29(26)37)31(39)41-32(5,6)7/h12-18H,8-9H2,1-7H3. The first-order chi connectivity index (χ1) is 19.2. The molecule has 0 aliphatic rings. The number of pyridine rings is 1. The van der Waals surface area contributed by atoms with Crippen molar-refractivity contribution in [1.29, 1.82) is 0 Å². The van der Waals surface area contributed by atoms with Crippen LogP contribution in [0, 0.1) is 24.6 Å². The summed E-state index contributed by atoms with van der Waals surface area (Å²) in [6.07, 6.45) is -0.0803. The summed E-state index contributed by atoms with van der Waals surface area (Å²) in [6.45, 7) is 12.3. The van der Waals surface area contributed by atoms with Crippen LogP contribution in [0.2, 0.25) is 10.0 Å². The maximum atomic E-state index is 15.4. The van der Waals surface area contributed by atoms with Crippen LogP contribution in [-0.2, 0) is 16.0 Å². The van der Waals surface area contributed by atoms with E-state index in [4.69, 9.17) is 32.7 Å². The SMILES string of the molecule is CCC#CC(C)OC(=O)c1ccc(F)c(-c2c(C)n(CC)c(-c3ccc(Cl)c(Cl)c3)c(C(=O)OC(C)(C)C)c2=O)c1. The number of hydrogen-bond donors (Lipinski definition) is 0. The molecule has 0 radical (unpaired) electrons.